The highest BCUT2D eigenvalue weighted by atomic mass is 32.1. The highest BCUT2D eigenvalue weighted by Crippen LogP contribution is 2.41. The van der Waals surface area contributed by atoms with Crippen LogP contribution >= 0.6 is 11.3 Å². The number of fused-ring (bicyclic) bond motifs is 3. The Morgan fingerprint density at radius 3 is 2.29 bits per heavy atom. The number of ether oxygens (including phenoxy) is 4. The second-order valence-corrected chi connectivity index (χ2v) is 8.68. The fourth-order valence-electron chi connectivity index (χ4n) is 4.23. The number of nitrogens with zero attached hydrogens (tertiary/aromatic N) is 3. The number of rotatable bonds is 2. The topological polar surface area (TPSA) is 133 Å². The lowest BCUT2D eigenvalue weighted by Gasteiger charge is -2.22. The van der Waals surface area contributed by atoms with Gasteiger partial charge in [0.1, 0.15) is 10.5 Å². The maximum Gasteiger partial charge on any atom is 0.274 e. The van der Waals surface area contributed by atoms with Gasteiger partial charge in [0.05, 0.1) is 33.7 Å². The molecule has 1 unspecified atom stereocenters. The van der Waals surface area contributed by atoms with Crippen molar-refractivity contribution in [1.29, 1.82) is 10.5 Å². The van der Waals surface area contributed by atoms with Crippen molar-refractivity contribution in [2.24, 2.45) is 5.73 Å². The Labute approximate surface area is 196 Å². The van der Waals surface area contributed by atoms with Gasteiger partial charge in [-0.1, -0.05) is 12.1 Å². The van der Waals surface area contributed by atoms with Crippen LogP contribution < -0.4 is 39.4 Å². The van der Waals surface area contributed by atoms with Gasteiger partial charge in [-0.05, 0) is 41.5 Å². The number of aromatic nitrogens is 1. The lowest BCUT2D eigenvalue weighted by molar-refractivity contribution is 0.173. The largest absolute Gasteiger partial charge is 0.454 e. The molecule has 0 amide bonds. The van der Waals surface area contributed by atoms with E-state index in [1.54, 1.807) is 42.5 Å². The lowest BCUT2D eigenvalue weighted by Crippen LogP contribution is -2.38. The summed E-state index contributed by atoms with van der Waals surface area (Å²) in [6, 6.07) is 14.9. The Morgan fingerprint density at radius 1 is 0.941 bits per heavy atom. The average Bonchev–Trinajstić information content (AvgIpc) is 3.57. The summed E-state index contributed by atoms with van der Waals surface area (Å²) >= 11 is 1.15. The summed E-state index contributed by atoms with van der Waals surface area (Å²) in [5, 5.41) is 20.0. The summed E-state index contributed by atoms with van der Waals surface area (Å²) in [5.41, 5.74) is 7.70. The summed E-state index contributed by atoms with van der Waals surface area (Å²) in [4.78, 5) is 13.3. The van der Waals surface area contributed by atoms with E-state index in [2.05, 4.69) is 12.1 Å². The van der Waals surface area contributed by atoms with Crippen LogP contribution in [0.25, 0.3) is 17.5 Å². The van der Waals surface area contributed by atoms with Gasteiger partial charge in [-0.15, -0.1) is 11.3 Å². The summed E-state index contributed by atoms with van der Waals surface area (Å²) in [6.07, 6.45) is 1.70. The van der Waals surface area contributed by atoms with E-state index in [0.29, 0.717) is 37.8 Å². The van der Waals surface area contributed by atoms with E-state index < -0.39 is 11.5 Å². The molecular weight excluding hydrogens is 456 g/mol. The van der Waals surface area contributed by atoms with Crippen LogP contribution in [0.15, 0.2) is 46.8 Å². The van der Waals surface area contributed by atoms with E-state index in [-0.39, 0.29) is 30.6 Å². The first kappa shape index (κ1) is 20.0. The molecular formula is C24H14N4O5S. The number of hydrogen-bond donors (Lipinski definition) is 1. The molecule has 0 radical (unpaired) electrons. The van der Waals surface area contributed by atoms with Crippen molar-refractivity contribution in [3.63, 3.8) is 0 Å². The van der Waals surface area contributed by atoms with Crippen molar-refractivity contribution in [3.05, 3.63) is 72.6 Å². The van der Waals surface area contributed by atoms with Crippen molar-refractivity contribution in [2.45, 2.75) is 5.92 Å². The Kier molecular flexibility index (Phi) is 4.37. The first-order chi connectivity index (χ1) is 16.6. The van der Waals surface area contributed by atoms with Crippen LogP contribution in [0.4, 0.5) is 0 Å². The average molecular weight is 470 g/mol. The number of thiazole rings is 1. The third-order valence-electron chi connectivity index (χ3n) is 5.81. The molecule has 2 N–H and O–H groups in total. The Hall–Kier alpha value is -4.67. The molecule has 0 saturated heterocycles. The first-order valence-corrected chi connectivity index (χ1v) is 11.0. The van der Waals surface area contributed by atoms with Gasteiger partial charge >= 0.3 is 0 Å². The van der Waals surface area contributed by atoms with Crippen LogP contribution in [0.1, 0.15) is 17.0 Å². The van der Waals surface area contributed by atoms with Crippen molar-refractivity contribution >= 4 is 28.8 Å². The van der Waals surface area contributed by atoms with Gasteiger partial charge in [-0.25, -0.2) is 0 Å². The Morgan fingerprint density at radius 2 is 1.59 bits per heavy atom. The minimum atomic E-state index is -0.735. The maximum atomic E-state index is 13.3. The summed E-state index contributed by atoms with van der Waals surface area (Å²) in [7, 11) is 0. The molecule has 4 heterocycles. The quantitative estimate of drug-likeness (QED) is 0.593. The molecule has 0 fully saturated rings. The third kappa shape index (κ3) is 2.86. The van der Waals surface area contributed by atoms with E-state index in [4.69, 9.17) is 24.7 Å². The Balaban J connectivity index is 1.58. The highest BCUT2D eigenvalue weighted by Gasteiger charge is 2.33. The van der Waals surface area contributed by atoms with Gasteiger partial charge in [0.15, 0.2) is 23.0 Å². The number of allylic oxidation sites excluding steroid dienone is 1. The molecule has 6 rings (SSSR count). The molecule has 0 bridgehead atoms. The van der Waals surface area contributed by atoms with Crippen molar-refractivity contribution in [1.82, 2.24) is 4.57 Å². The number of nitrogens with two attached hydrogens (primary N) is 1. The van der Waals surface area contributed by atoms with Crippen molar-refractivity contribution in [3.8, 4) is 35.1 Å². The van der Waals surface area contributed by atoms with Gasteiger partial charge in [-0.2, -0.15) is 10.5 Å². The second kappa shape index (κ2) is 7.44. The van der Waals surface area contributed by atoms with E-state index >= 15 is 0 Å². The number of nitriles is 2. The molecule has 9 nitrogen and oxygen atoms in total. The standard InChI is InChI=1S/C24H14N4O5S/c25-8-14-21(13-2-4-17-19(7-13)33-11-31-17)15(9-26)24-28(22(14)27)23(29)20(34-24)6-12-1-3-16-18(5-12)32-10-30-16/h1-7,21H,10-11,27H2/b20-6-. The molecule has 1 aromatic heterocycles. The maximum absolute atomic E-state index is 13.3. The van der Waals surface area contributed by atoms with Crippen LogP contribution in [-0.2, 0) is 0 Å². The predicted molar refractivity (Wildman–Crippen MR) is 121 cm³/mol. The molecule has 34 heavy (non-hydrogen) atoms. The summed E-state index contributed by atoms with van der Waals surface area (Å²) in [5.74, 6) is 1.61. The van der Waals surface area contributed by atoms with Crippen LogP contribution in [0.2, 0.25) is 0 Å². The third-order valence-corrected chi connectivity index (χ3v) is 6.92. The zero-order valence-electron chi connectivity index (χ0n) is 17.4. The molecule has 2 aromatic carbocycles. The van der Waals surface area contributed by atoms with E-state index in [1.807, 2.05) is 0 Å². The molecule has 0 aliphatic carbocycles. The highest BCUT2D eigenvalue weighted by molar-refractivity contribution is 7.07. The molecule has 3 aliphatic rings. The van der Waals surface area contributed by atoms with Crippen LogP contribution in [0.3, 0.4) is 0 Å². The molecule has 3 aromatic rings. The van der Waals surface area contributed by atoms with E-state index in [0.717, 1.165) is 16.9 Å². The molecule has 166 valence electrons. The van der Waals surface area contributed by atoms with Gasteiger partial charge < -0.3 is 24.7 Å². The monoisotopic (exact) mass is 470 g/mol. The van der Waals surface area contributed by atoms with Gasteiger partial charge in [-0.3, -0.25) is 9.36 Å². The second-order valence-electron chi connectivity index (χ2n) is 7.65. The minimum absolute atomic E-state index is 0.00533. The van der Waals surface area contributed by atoms with Crippen LogP contribution in [0, 0.1) is 22.7 Å². The Bertz CT molecular complexity index is 1690. The van der Waals surface area contributed by atoms with Crippen LogP contribution in [0.5, 0.6) is 23.0 Å². The smallest absolute Gasteiger partial charge is 0.274 e. The van der Waals surface area contributed by atoms with E-state index in [1.165, 1.54) is 4.57 Å². The van der Waals surface area contributed by atoms with Gasteiger partial charge in [0, 0.05) is 0 Å². The van der Waals surface area contributed by atoms with Crippen molar-refractivity contribution < 1.29 is 18.9 Å². The van der Waals surface area contributed by atoms with Gasteiger partial charge in [0.25, 0.3) is 5.56 Å². The molecule has 0 spiro atoms. The lowest BCUT2D eigenvalue weighted by atomic mass is 9.84. The van der Waals surface area contributed by atoms with Gasteiger partial charge in [0.2, 0.25) is 13.6 Å². The molecule has 3 aliphatic heterocycles. The zero-order valence-corrected chi connectivity index (χ0v) is 18.2. The van der Waals surface area contributed by atoms with E-state index in [9.17, 15) is 15.3 Å². The number of hydrogen-bond acceptors (Lipinski definition) is 9. The molecule has 10 heteroatoms. The number of benzene rings is 2. The minimum Gasteiger partial charge on any atom is -0.454 e. The SMILES string of the molecule is N#CC1=C(N)n2c(s/c(=C\c3ccc4c(c3)OCO4)c2=O)=C(C#N)C1c1ccc2c(c1)OCO2. The summed E-state index contributed by atoms with van der Waals surface area (Å²) < 4.78 is 23.6. The summed E-state index contributed by atoms with van der Waals surface area (Å²) in [6.45, 7) is 0.250. The van der Waals surface area contributed by atoms with Crippen molar-refractivity contribution in [2.75, 3.05) is 13.6 Å². The van der Waals surface area contributed by atoms with Crippen LogP contribution in [-0.4, -0.2) is 18.2 Å². The molecule has 0 saturated carbocycles. The first-order valence-electron chi connectivity index (χ1n) is 10.2. The zero-order chi connectivity index (χ0) is 23.4. The molecule has 1 atom stereocenters. The fraction of sp³-hybridized carbons (Fsp3) is 0.125. The predicted octanol–water partition coefficient (Wildman–Crippen LogP) is 1.32. The fourth-order valence-corrected chi connectivity index (χ4v) is 5.36. The normalized spacial score (nSPS) is 18.0.